The van der Waals surface area contributed by atoms with Crippen LogP contribution >= 0.6 is 11.6 Å². The summed E-state index contributed by atoms with van der Waals surface area (Å²) in [6, 6.07) is 14.5. The summed E-state index contributed by atoms with van der Waals surface area (Å²) in [6.07, 6.45) is -3.55. The molecule has 0 spiro atoms. The Hall–Kier alpha value is -2.84. The first kappa shape index (κ1) is 22.8. The fourth-order valence-electron chi connectivity index (χ4n) is 2.87. The molecule has 0 unspecified atom stereocenters. The topological polar surface area (TPSA) is 53.1 Å². The summed E-state index contributed by atoms with van der Waals surface area (Å²) in [5.74, 6) is 0.844. The molecule has 0 radical (unpaired) electrons. The smallest absolute Gasteiger partial charge is 0.354 e. The van der Waals surface area contributed by atoms with Crippen molar-refractivity contribution in [1.29, 1.82) is 0 Å². The average Bonchev–Trinajstić information content (AvgIpc) is 2.72. The maximum atomic E-state index is 12.9. The summed E-state index contributed by atoms with van der Waals surface area (Å²) in [7, 11) is 4.00. The van der Waals surface area contributed by atoms with Gasteiger partial charge in [-0.3, -0.25) is 0 Å². The van der Waals surface area contributed by atoms with E-state index < -0.39 is 11.7 Å². The Labute approximate surface area is 184 Å². The molecule has 1 aromatic heterocycles. The van der Waals surface area contributed by atoms with Crippen molar-refractivity contribution in [3.8, 4) is 11.3 Å². The van der Waals surface area contributed by atoms with Gasteiger partial charge >= 0.3 is 6.18 Å². The number of anilines is 3. The van der Waals surface area contributed by atoms with Crippen LogP contribution < -0.4 is 10.6 Å². The molecule has 9 heteroatoms. The van der Waals surface area contributed by atoms with Crippen molar-refractivity contribution in [2.75, 3.05) is 37.8 Å². The minimum atomic E-state index is -4.46. The van der Waals surface area contributed by atoms with Gasteiger partial charge < -0.3 is 15.5 Å². The summed E-state index contributed by atoms with van der Waals surface area (Å²) >= 11 is 6.09. The number of benzene rings is 2. The van der Waals surface area contributed by atoms with E-state index in [1.54, 1.807) is 6.07 Å². The van der Waals surface area contributed by atoms with Gasteiger partial charge in [-0.05, 0) is 45.3 Å². The highest BCUT2D eigenvalue weighted by Crippen LogP contribution is 2.35. The zero-order valence-electron chi connectivity index (χ0n) is 17.2. The van der Waals surface area contributed by atoms with E-state index in [0.29, 0.717) is 29.7 Å². The summed E-state index contributed by atoms with van der Waals surface area (Å²) in [6.45, 7) is 1.59. The molecule has 164 valence electrons. The van der Waals surface area contributed by atoms with Crippen LogP contribution in [0.5, 0.6) is 0 Å². The third kappa shape index (κ3) is 6.57. The van der Waals surface area contributed by atoms with Gasteiger partial charge in [-0.15, -0.1) is 0 Å². The Kier molecular flexibility index (Phi) is 7.35. The van der Waals surface area contributed by atoms with Crippen molar-refractivity contribution in [2.24, 2.45) is 0 Å². The molecule has 1 heterocycles. The third-order valence-corrected chi connectivity index (χ3v) is 4.73. The summed E-state index contributed by atoms with van der Waals surface area (Å²) in [5.41, 5.74) is 1.09. The van der Waals surface area contributed by atoms with Gasteiger partial charge in [-0.1, -0.05) is 41.9 Å². The fourth-order valence-corrected chi connectivity index (χ4v) is 3.10. The lowest BCUT2D eigenvalue weighted by atomic mass is 10.1. The number of alkyl halides is 3. The first-order valence-electron chi connectivity index (χ1n) is 9.69. The van der Waals surface area contributed by atoms with E-state index in [4.69, 9.17) is 11.6 Å². The maximum absolute atomic E-state index is 12.9. The van der Waals surface area contributed by atoms with Crippen LogP contribution in [0.2, 0.25) is 5.02 Å². The lowest BCUT2D eigenvalue weighted by molar-refractivity contribution is -0.137. The van der Waals surface area contributed by atoms with Crippen molar-refractivity contribution in [3.05, 3.63) is 65.2 Å². The van der Waals surface area contributed by atoms with E-state index >= 15 is 0 Å². The first-order chi connectivity index (χ1) is 14.7. The zero-order valence-corrected chi connectivity index (χ0v) is 17.9. The normalized spacial score (nSPS) is 11.6. The summed E-state index contributed by atoms with van der Waals surface area (Å²) in [4.78, 5) is 11.1. The Morgan fingerprint density at radius 3 is 2.39 bits per heavy atom. The monoisotopic (exact) mass is 449 g/mol. The Bertz CT molecular complexity index is 1010. The van der Waals surface area contributed by atoms with Crippen molar-refractivity contribution in [1.82, 2.24) is 14.9 Å². The van der Waals surface area contributed by atoms with Crippen molar-refractivity contribution in [2.45, 2.75) is 12.6 Å². The molecule has 0 bridgehead atoms. The number of halogens is 4. The molecule has 0 saturated heterocycles. The molecule has 3 aromatic rings. The van der Waals surface area contributed by atoms with E-state index in [1.807, 2.05) is 44.4 Å². The maximum Gasteiger partial charge on any atom is 0.416 e. The number of nitrogens with zero attached hydrogens (tertiary/aromatic N) is 3. The standard InChI is InChI=1S/C22H23ClF3N5/c1-31(2)12-6-11-27-21-29-19(15-7-4-3-5-8-15)14-20(30-21)28-18-10-9-16(13-17(18)23)22(24,25)26/h3-5,7-10,13-14H,6,11-12H2,1-2H3,(H2,27,28,29,30). The van der Waals surface area contributed by atoms with E-state index in [1.165, 1.54) is 6.07 Å². The number of aromatic nitrogens is 2. The molecule has 3 rings (SSSR count). The highest BCUT2D eigenvalue weighted by molar-refractivity contribution is 6.33. The van der Waals surface area contributed by atoms with Gasteiger partial charge in [0.05, 0.1) is 22.0 Å². The van der Waals surface area contributed by atoms with Crippen LogP contribution in [0.4, 0.5) is 30.6 Å². The van der Waals surface area contributed by atoms with Crippen LogP contribution in [0, 0.1) is 0 Å². The van der Waals surface area contributed by atoms with Crippen LogP contribution in [0.15, 0.2) is 54.6 Å². The Morgan fingerprint density at radius 2 is 1.74 bits per heavy atom. The van der Waals surface area contributed by atoms with Gasteiger partial charge in [0.2, 0.25) is 5.95 Å². The van der Waals surface area contributed by atoms with Crippen molar-refractivity contribution >= 4 is 29.1 Å². The second-order valence-electron chi connectivity index (χ2n) is 7.23. The molecule has 0 fully saturated rings. The van der Waals surface area contributed by atoms with Crippen LogP contribution in [0.1, 0.15) is 12.0 Å². The molecule has 0 atom stereocenters. The van der Waals surface area contributed by atoms with Crippen LogP contribution in [-0.4, -0.2) is 42.1 Å². The van der Waals surface area contributed by atoms with E-state index in [0.717, 1.165) is 30.7 Å². The Morgan fingerprint density at radius 1 is 1.00 bits per heavy atom. The van der Waals surface area contributed by atoms with Gasteiger partial charge in [-0.25, -0.2) is 4.98 Å². The van der Waals surface area contributed by atoms with Gasteiger partial charge in [0.25, 0.3) is 0 Å². The molecule has 2 N–H and O–H groups in total. The van der Waals surface area contributed by atoms with Crippen LogP contribution in [0.3, 0.4) is 0 Å². The van der Waals surface area contributed by atoms with Crippen molar-refractivity contribution < 1.29 is 13.2 Å². The lowest BCUT2D eigenvalue weighted by Crippen LogP contribution is -2.17. The fraction of sp³-hybridized carbons (Fsp3) is 0.273. The molecule has 0 aliphatic heterocycles. The SMILES string of the molecule is CN(C)CCCNc1nc(Nc2ccc(C(F)(F)F)cc2Cl)cc(-c2ccccc2)n1. The van der Waals surface area contributed by atoms with Crippen LogP contribution in [-0.2, 0) is 6.18 Å². The predicted octanol–water partition coefficient (Wildman–Crippen LogP) is 5.92. The second kappa shape index (κ2) is 9.98. The van der Waals surface area contributed by atoms with E-state index in [-0.39, 0.29) is 5.02 Å². The Balaban J connectivity index is 1.87. The third-order valence-electron chi connectivity index (χ3n) is 4.42. The number of hydrogen-bond acceptors (Lipinski definition) is 5. The van der Waals surface area contributed by atoms with Gasteiger partial charge in [0.1, 0.15) is 5.82 Å². The number of nitrogens with one attached hydrogen (secondary N) is 2. The molecule has 0 amide bonds. The van der Waals surface area contributed by atoms with Gasteiger partial charge in [-0.2, -0.15) is 18.2 Å². The molecular formula is C22H23ClF3N5. The molecule has 0 aliphatic carbocycles. The van der Waals surface area contributed by atoms with Crippen LogP contribution in [0.25, 0.3) is 11.3 Å². The number of rotatable bonds is 8. The highest BCUT2D eigenvalue weighted by Gasteiger charge is 2.30. The molecule has 0 aliphatic rings. The predicted molar refractivity (Wildman–Crippen MR) is 119 cm³/mol. The molecule has 2 aromatic carbocycles. The van der Waals surface area contributed by atoms with E-state index in [2.05, 4.69) is 25.5 Å². The number of hydrogen-bond donors (Lipinski definition) is 2. The second-order valence-corrected chi connectivity index (χ2v) is 7.64. The summed E-state index contributed by atoms with van der Waals surface area (Å²) in [5, 5.41) is 6.17. The quantitative estimate of drug-likeness (QED) is 0.418. The zero-order chi connectivity index (χ0) is 22.4. The highest BCUT2D eigenvalue weighted by atomic mass is 35.5. The van der Waals surface area contributed by atoms with Gasteiger partial charge in [0.15, 0.2) is 0 Å². The van der Waals surface area contributed by atoms with Gasteiger partial charge in [0, 0.05) is 18.2 Å². The largest absolute Gasteiger partial charge is 0.416 e. The average molecular weight is 450 g/mol. The summed E-state index contributed by atoms with van der Waals surface area (Å²) < 4.78 is 38.7. The molecule has 31 heavy (non-hydrogen) atoms. The van der Waals surface area contributed by atoms with E-state index in [9.17, 15) is 13.2 Å². The molecular weight excluding hydrogens is 427 g/mol. The lowest BCUT2D eigenvalue weighted by Gasteiger charge is -2.14. The van der Waals surface area contributed by atoms with Crippen molar-refractivity contribution in [3.63, 3.8) is 0 Å². The minimum Gasteiger partial charge on any atom is -0.354 e. The molecule has 5 nitrogen and oxygen atoms in total. The molecule has 0 saturated carbocycles. The first-order valence-corrected chi connectivity index (χ1v) is 10.1. The minimum absolute atomic E-state index is 0.0461.